The molecule has 0 saturated heterocycles. The number of nitrogens with zero attached hydrogens (tertiary/aromatic N) is 1. The van der Waals surface area contributed by atoms with E-state index in [0.29, 0.717) is 11.1 Å². The third-order valence-corrected chi connectivity index (χ3v) is 6.88. The maximum atomic E-state index is 12.2. The summed E-state index contributed by atoms with van der Waals surface area (Å²) in [6.45, 7) is 3.17. The maximum absolute atomic E-state index is 12.2. The van der Waals surface area contributed by atoms with Gasteiger partial charge < -0.3 is 12.4 Å². The van der Waals surface area contributed by atoms with Gasteiger partial charge in [-0.25, -0.2) is 9.11 Å². The van der Waals surface area contributed by atoms with E-state index in [1.54, 1.807) is 19.1 Å². The van der Waals surface area contributed by atoms with Crippen LogP contribution in [0.3, 0.4) is 0 Å². The molecule has 2 N–H and O–H groups in total. The van der Waals surface area contributed by atoms with Gasteiger partial charge >= 0.3 is 20.6 Å². The van der Waals surface area contributed by atoms with Crippen LogP contribution in [0.5, 0.6) is 0 Å². The molecule has 0 amide bonds. The van der Waals surface area contributed by atoms with Crippen molar-refractivity contribution in [1.82, 2.24) is 3.29 Å². The molecule has 0 saturated carbocycles. The van der Waals surface area contributed by atoms with Crippen LogP contribution in [0.1, 0.15) is 11.1 Å². The Hall–Kier alpha value is -1.49. The normalized spacial score (nSPS) is 12.5. The number of benzene rings is 2. The molecule has 24 heavy (non-hydrogen) atoms. The van der Waals surface area contributed by atoms with E-state index in [1.807, 2.05) is 0 Å². The Bertz CT molecular complexity index is 910. The van der Waals surface area contributed by atoms with Gasteiger partial charge in [-0.05, 0) is 22.7 Å². The molecule has 0 aliphatic heterocycles. The van der Waals surface area contributed by atoms with E-state index >= 15 is 0 Å². The van der Waals surface area contributed by atoms with E-state index in [4.69, 9.17) is 0 Å². The van der Waals surface area contributed by atoms with Gasteiger partial charge in [0.05, 0.1) is 0 Å². The standard InChI is InChI=1S/C14H15NO6S2.ClH/c1-11-7-6-10-14(12(11)2)15(22(16,17)18,23(19,20)21)13-8-4-3-5-9-13;/h3-10H,1-2H3,(H-,16,17,18,19,20,21);1H. The fourth-order valence-corrected chi connectivity index (χ4v) is 5.07. The second kappa shape index (κ2) is 6.79. The molecule has 132 valence electrons. The highest BCUT2D eigenvalue weighted by atomic mass is 35.5. The first kappa shape index (κ1) is 20.6. The Morgan fingerprint density at radius 1 is 0.792 bits per heavy atom. The van der Waals surface area contributed by atoms with Crippen molar-refractivity contribution in [1.29, 1.82) is 0 Å². The number of para-hydroxylation sites is 1. The zero-order chi connectivity index (χ0) is 17.5. The molecule has 0 bridgehead atoms. The molecule has 0 aliphatic carbocycles. The number of aryl methyl sites for hydroxylation is 1. The van der Waals surface area contributed by atoms with Gasteiger partial charge in [0, 0.05) is 23.8 Å². The Balaban J connectivity index is 0.00000288. The number of hydrogen-bond donors (Lipinski definition) is 2. The molecule has 2 aromatic carbocycles. The van der Waals surface area contributed by atoms with Gasteiger partial charge in [-0.3, -0.25) is 0 Å². The topological polar surface area (TPSA) is 109 Å². The zero-order valence-electron chi connectivity index (χ0n) is 12.8. The fraction of sp³-hybridized carbons (Fsp3) is 0.143. The van der Waals surface area contributed by atoms with Gasteiger partial charge in [0.1, 0.15) is 0 Å². The predicted molar refractivity (Wildman–Crippen MR) is 86.9 cm³/mol. The van der Waals surface area contributed by atoms with E-state index < -0.39 is 23.9 Å². The fourth-order valence-electron chi connectivity index (χ4n) is 2.45. The maximum Gasteiger partial charge on any atom is 0.459 e. The Morgan fingerprint density at radius 2 is 1.29 bits per heavy atom. The van der Waals surface area contributed by atoms with Crippen molar-refractivity contribution in [2.24, 2.45) is 0 Å². The van der Waals surface area contributed by atoms with Crippen LogP contribution >= 0.6 is 0 Å². The molecule has 2 aromatic rings. The van der Waals surface area contributed by atoms with Crippen LogP contribution in [0.4, 0.5) is 11.4 Å². The summed E-state index contributed by atoms with van der Waals surface area (Å²) >= 11 is 0. The zero-order valence-corrected chi connectivity index (χ0v) is 15.2. The smallest absolute Gasteiger partial charge is 0.459 e. The lowest BCUT2D eigenvalue weighted by Gasteiger charge is -2.29. The van der Waals surface area contributed by atoms with Crippen molar-refractivity contribution in [3.63, 3.8) is 0 Å². The van der Waals surface area contributed by atoms with Crippen LogP contribution < -0.4 is 15.7 Å². The minimum absolute atomic E-state index is 0. The van der Waals surface area contributed by atoms with Crippen LogP contribution in [-0.2, 0) is 20.6 Å². The summed E-state index contributed by atoms with van der Waals surface area (Å²) in [6, 6.07) is 11.1. The molecule has 10 heteroatoms. The van der Waals surface area contributed by atoms with Crippen molar-refractivity contribution >= 4 is 32.0 Å². The SMILES string of the molecule is Cc1cccc([N+](c2ccccc2)(S(=O)(=O)O)S(=O)(=O)O)c1C.[Cl-]. The molecule has 0 heterocycles. The van der Waals surface area contributed by atoms with Gasteiger partial charge in [-0.1, -0.05) is 30.3 Å². The first-order chi connectivity index (χ1) is 10.5. The second-order valence-corrected chi connectivity index (χ2v) is 8.12. The lowest BCUT2D eigenvalue weighted by atomic mass is 10.1. The molecular weight excluding hydrogens is 378 g/mol. The molecule has 0 radical (unpaired) electrons. The van der Waals surface area contributed by atoms with Crippen molar-refractivity contribution < 1.29 is 38.3 Å². The highest BCUT2D eigenvalue weighted by molar-refractivity contribution is 8.02. The summed E-state index contributed by atoms with van der Waals surface area (Å²) in [7, 11) is -10.7. The van der Waals surface area contributed by atoms with Crippen LogP contribution in [0.2, 0.25) is 0 Å². The molecule has 2 rings (SSSR count). The van der Waals surface area contributed by atoms with Gasteiger partial charge in [0.15, 0.2) is 11.4 Å². The van der Waals surface area contributed by atoms with Gasteiger partial charge in [-0.2, -0.15) is 0 Å². The summed E-state index contributed by atoms with van der Waals surface area (Å²) in [4.78, 5) is 0. The molecular formula is C14H16ClNO6S2. The van der Waals surface area contributed by atoms with Crippen LogP contribution in [0.25, 0.3) is 0 Å². The van der Waals surface area contributed by atoms with E-state index in [2.05, 4.69) is 0 Å². The average molecular weight is 394 g/mol. The quantitative estimate of drug-likeness (QED) is 0.538. The second-order valence-electron chi connectivity index (χ2n) is 5.00. The predicted octanol–water partition coefficient (Wildman–Crippen LogP) is -0.448. The lowest BCUT2D eigenvalue weighted by Crippen LogP contribution is -3.00. The van der Waals surface area contributed by atoms with E-state index in [-0.39, 0.29) is 23.8 Å². The number of halogens is 1. The van der Waals surface area contributed by atoms with Crippen LogP contribution in [0.15, 0.2) is 48.5 Å². The molecule has 0 fully saturated rings. The van der Waals surface area contributed by atoms with Crippen molar-refractivity contribution in [3.8, 4) is 0 Å². The van der Waals surface area contributed by atoms with Crippen LogP contribution in [0, 0.1) is 13.8 Å². The Morgan fingerprint density at radius 3 is 1.75 bits per heavy atom. The van der Waals surface area contributed by atoms with Crippen molar-refractivity contribution in [3.05, 3.63) is 59.7 Å². The van der Waals surface area contributed by atoms with E-state index in [1.165, 1.54) is 43.3 Å². The highest BCUT2D eigenvalue weighted by Crippen LogP contribution is 2.43. The monoisotopic (exact) mass is 393 g/mol. The molecule has 0 aromatic heterocycles. The molecule has 0 unspecified atom stereocenters. The summed E-state index contributed by atoms with van der Waals surface area (Å²) in [5, 5.41) is 0. The Labute approximate surface area is 147 Å². The Kier molecular flexibility index (Phi) is 5.81. The lowest BCUT2D eigenvalue weighted by molar-refractivity contribution is -0.0000139. The minimum Gasteiger partial charge on any atom is -1.00 e. The largest absolute Gasteiger partial charge is 1.00 e. The average Bonchev–Trinajstić information content (AvgIpc) is 2.42. The van der Waals surface area contributed by atoms with Gasteiger partial charge in [-0.15, -0.1) is 16.8 Å². The molecule has 0 atom stereocenters. The van der Waals surface area contributed by atoms with Crippen molar-refractivity contribution in [2.75, 3.05) is 0 Å². The summed E-state index contributed by atoms with van der Waals surface area (Å²) in [5.74, 6) is 0. The number of quaternary nitrogens is 1. The third kappa shape index (κ3) is 3.06. The van der Waals surface area contributed by atoms with Gasteiger partial charge in [0.25, 0.3) is 0 Å². The summed E-state index contributed by atoms with van der Waals surface area (Å²) in [5.41, 5.74) is 0.312. The molecule has 0 spiro atoms. The van der Waals surface area contributed by atoms with Crippen molar-refractivity contribution in [2.45, 2.75) is 13.8 Å². The highest BCUT2D eigenvalue weighted by Gasteiger charge is 2.58. The molecule has 0 aliphatic rings. The van der Waals surface area contributed by atoms with Gasteiger partial charge in [0.2, 0.25) is 0 Å². The summed E-state index contributed by atoms with van der Waals surface area (Å²) in [6.07, 6.45) is 0. The van der Waals surface area contributed by atoms with E-state index in [0.717, 1.165) is 0 Å². The third-order valence-electron chi connectivity index (χ3n) is 3.64. The van der Waals surface area contributed by atoms with E-state index in [9.17, 15) is 25.9 Å². The first-order valence-corrected chi connectivity index (χ1v) is 9.29. The summed E-state index contributed by atoms with van der Waals surface area (Å²) < 4.78 is 66.1. The molecule has 7 nitrogen and oxygen atoms in total. The first-order valence-electron chi connectivity index (χ1n) is 6.50. The number of hydrogen-bond acceptors (Lipinski definition) is 4. The minimum atomic E-state index is -5.33. The number of rotatable bonds is 4. The van der Waals surface area contributed by atoms with Crippen LogP contribution in [-0.4, -0.2) is 25.9 Å².